The maximum Gasteiger partial charge on any atom is 0.326 e. The third kappa shape index (κ3) is 4.56. The number of aryl methyl sites for hydroxylation is 1. The number of carbonyl (C=O) groups is 1. The number of ether oxygens (including phenoxy) is 1. The van der Waals surface area contributed by atoms with E-state index in [1.807, 2.05) is 43.3 Å². The number of urea groups is 1. The molecular weight excluding hydrogens is 430 g/mol. The van der Waals surface area contributed by atoms with Crippen LogP contribution in [0, 0.1) is 6.92 Å². The van der Waals surface area contributed by atoms with Gasteiger partial charge in [0.2, 0.25) is 0 Å². The second kappa shape index (κ2) is 9.18. The number of pyridine rings is 1. The molecule has 1 atom stereocenters. The average molecular weight is 456 g/mol. The van der Waals surface area contributed by atoms with Crippen molar-refractivity contribution in [3.8, 4) is 11.4 Å². The van der Waals surface area contributed by atoms with E-state index >= 15 is 0 Å². The van der Waals surface area contributed by atoms with Gasteiger partial charge in [0.05, 0.1) is 18.9 Å². The highest BCUT2D eigenvalue weighted by Crippen LogP contribution is 2.27. The lowest BCUT2D eigenvalue weighted by Gasteiger charge is -2.17. The number of aliphatic hydroxyl groups excluding tert-OH is 1. The van der Waals surface area contributed by atoms with Gasteiger partial charge in [-0.15, -0.1) is 5.10 Å². The number of hydrogen-bond acceptors (Lipinski definition) is 5. The van der Waals surface area contributed by atoms with E-state index in [0.29, 0.717) is 37.0 Å². The number of aliphatic hydroxyl groups is 1. The molecule has 0 bridgehead atoms. The quantitative estimate of drug-likeness (QED) is 0.550. The van der Waals surface area contributed by atoms with Gasteiger partial charge >= 0.3 is 6.03 Å². The first-order valence-electron chi connectivity index (χ1n) is 10.4. The van der Waals surface area contributed by atoms with E-state index in [1.54, 1.807) is 34.7 Å². The van der Waals surface area contributed by atoms with Crippen molar-refractivity contribution in [1.82, 2.24) is 19.7 Å². The molecule has 0 spiro atoms. The van der Waals surface area contributed by atoms with E-state index in [9.17, 15) is 9.90 Å². The lowest BCUT2D eigenvalue weighted by Crippen LogP contribution is -2.31. The zero-order chi connectivity index (χ0) is 22.8. The molecule has 1 unspecified atom stereocenters. The Hall–Kier alpha value is -3.10. The van der Waals surface area contributed by atoms with Gasteiger partial charge in [0.15, 0.2) is 5.82 Å². The fourth-order valence-corrected chi connectivity index (χ4v) is 4.13. The van der Waals surface area contributed by atoms with Crippen LogP contribution in [0.5, 0.6) is 5.75 Å². The first kappa shape index (κ1) is 22.1. The van der Waals surface area contributed by atoms with Gasteiger partial charge in [0, 0.05) is 49.6 Å². The number of hydrogen-bond donors (Lipinski definition) is 1. The van der Waals surface area contributed by atoms with E-state index in [-0.39, 0.29) is 6.03 Å². The molecule has 0 saturated carbocycles. The van der Waals surface area contributed by atoms with Gasteiger partial charge in [-0.3, -0.25) is 4.90 Å². The van der Waals surface area contributed by atoms with Crippen LogP contribution in [0.2, 0.25) is 5.15 Å². The van der Waals surface area contributed by atoms with Crippen molar-refractivity contribution in [2.75, 3.05) is 25.1 Å². The van der Waals surface area contributed by atoms with Crippen molar-refractivity contribution >= 4 is 23.4 Å². The van der Waals surface area contributed by atoms with Crippen molar-refractivity contribution in [3.63, 3.8) is 0 Å². The Morgan fingerprint density at radius 2 is 1.97 bits per heavy atom. The first-order valence-corrected chi connectivity index (χ1v) is 10.8. The number of aromatic nitrogens is 3. The summed E-state index contributed by atoms with van der Waals surface area (Å²) >= 11 is 6.36. The van der Waals surface area contributed by atoms with Gasteiger partial charge in [0.1, 0.15) is 10.9 Å². The number of rotatable bonds is 7. The Balaban J connectivity index is 1.53. The number of methoxy groups -OCH3 is 1. The Bertz CT molecular complexity index is 1110. The minimum atomic E-state index is -0.572. The molecule has 9 heteroatoms. The van der Waals surface area contributed by atoms with Crippen LogP contribution < -0.4 is 9.64 Å². The molecule has 1 aromatic carbocycles. The van der Waals surface area contributed by atoms with Gasteiger partial charge in [-0.25, -0.2) is 14.5 Å². The normalized spacial score (nSPS) is 14.8. The second-order valence-electron chi connectivity index (χ2n) is 7.93. The van der Waals surface area contributed by atoms with Crippen molar-refractivity contribution in [2.45, 2.75) is 32.9 Å². The van der Waals surface area contributed by atoms with Gasteiger partial charge < -0.3 is 14.7 Å². The standard InChI is InChI=1S/C23H26ClN5O3/c1-15-12-20(19(13-16(2)30)22(24)25-15)29-9-8-21(26-29)28-11-10-27(23(28)31)14-17-4-6-18(32-3)7-5-17/h4-9,12,16,30H,10-11,13-14H2,1-3H3. The average Bonchev–Trinajstić information content (AvgIpc) is 3.37. The molecule has 1 N–H and O–H groups in total. The van der Waals surface area contributed by atoms with Crippen LogP contribution in [0.4, 0.5) is 10.6 Å². The lowest BCUT2D eigenvalue weighted by molar-refractivity contribution is 0.195. The lowest BCUT2D eigenvalue weighted by atomic mass is 10.1. The van der Waals surface area contributed by atoms with Crippen LogP contribution in [0.25, 0.3) is 5.69 Å². The molecule has 0 radical (unpaired) electrons. The zero-order valence-corrected chi connectivity index (χ0v) is 19.1. The van der Waals surface area contributed by atoms with E-state index in [1.165, 1.54) is 0 Å². The highest BCUT2D eigenvalue weighted by atomic mass is 35.5. The SMILES string of the molecule is COc1ccc(CN2CCN(c3ccn(-c4cc(C)nc(Cl)c4CC(C)O)n3)C2=O)cc1. The van der Waals surface area contributed by atoms with Crippen LogP contribution in [-0.2, 0) is 13.0 Å². The van der Waals surface area contributed by atoms with E-state index < -0.39 is 6.10 Å². The number of benzene rings is 1. The van der Waals surface area contributed by atoms with E-state index in [0.717, 1.165) is 28.3 Å². The molecule has 3 heterocycles. The molecule has 2 amide bonds. The first-order chi connectivity index (χ1) is 15.4. The summed E-state index contributed by atoms with van der Waals surface area (Å²) in [5.74, 6) is 1.36. The number of halogens is 1. The Labute approximate surface area is 192 Å². The number of amides is 2. The third-order valence-electron chi connectivity index (χ3n) is 5.40. The summed E-state index contributed by atoms with van der Waals surface area (Å²) in [4.78, 5) is 20.8. The monoisotopic (exact) mass is 455 g/mol. The van der Waals surface area contributed by atoms with Crippen LogP contribution in [0.1, 0.15) is 23.7 Å². The predicted molar refractivity (Wildman–Crippen MR) is 123 cm³/mol. The van der Waals surface area contributed by atoms with Gasteiger partial charge in [0.25, 0.3) is 0 Å². The predicted octanol–water partition coefficient (Wildman–Crippen LogP) is 3.60. The van der Waals surface area contributed by atoms with Crippen molar-refractivity contribution in [2.24, 2.45) is 0 Å². The smallest absolute Gasteiger partial charge is 0.326 e. The molecule has 1 saturated heterocycles. The number of carbonyl (C=O) groups excluding carboxylic acids is 1. The molecule has 3 aromatic rings. The summed E-state index contributed by atoms with van der Waals surface area (Å²) in [6, 6.07) is 11.3. The topological polar surface area (TPSA) is 83.7 Å². The number of anilines is 1. The second-order valence-corrected chi connectivity index (χ2v) is 8.29. The molecular formula is C23H26ClN5O3. The van der Waals surface area contributed by atoms with Gasteiger partial charge in [-0.05, 0) is 37.6 Å². The third-order valence-corrected chi connectivity index (χ3v) is 5.72. The molecule has 168 valence electrons. The van der Waals surface area contributed by atoms with Crippen molar-refractivity contribution in [3.05, 3.63) is 64.6 Å². The highest BCUT2D eigenvalue weighted by Gasteiger charge is 2.31. The molecule has 1 aliphatic rings. The molecule has 2 aromatic heterocycles. The Kier molecular flexibility index (Phi) is 6.34. The summed E-state index contributed by atoms with van der Waals surface area (Å²) in [7, 11) is 1.63. The molecule has 1 fully saturated rings. The number of nitrogens with zero attached hydrogens (tertiary/aromatic N) is 5. The minimum absolute atomic E-state index is 0.0841. The summed E-state index contributed by atoms with van der Waals surface area (Å²) < 4.78 is 6.88. The molecule has 32 heavy (non-hydrogen) atoms. The van der Waals surface area contributed by atoms with Crippen LogP contribution in [-0.4, -0.2) is 57.1 Å². The molecule has 0 aliphatic carbocycles. The van der Waals surface area contributed by atoms with Crippen LogP contribution in [0.3, 0.4) is 0 Å². The molecule has 4 rings (SSSR count). The fraction of sp³-hybridized carbons (Fsp3) is 0.348. The summed E-state index contributed by atoms with van der Waals surface area (Å²) in [5.41, 5.74) is 3.25. The van der Waals surface area contributed by atoms with E-state index in [4.69, 9.17) is 16.3 Å². The van der Waals surface area contributed by atoms with Gasteiger partial charge in [-0.1, -0.05) is 23.7 Å². The fourth-order valence-electron chi connectivity index (χ4n) is 3.82. The summed E-state index contributed by atoms with van der Waals surface area (Å²) in [6.45, 7) is 5.26. The van der Waals surface area contributed by atoms with Crippen LogP contribution in [0.15, 0.2) is 42.6 Å². The highest BCUT2D eigenvalue weighted by molar-refractivity contribution is 6.30. The van der Waals surface area contributed by atoms with E-state index in [2.05, 4.69) is 10.1 Å². The van der Waals surface area contributed by atoms with Gasteiger partial charge in [-0.2, -0.15) is 0 Å². The summed E-state index contributed by atoms with van der Waals surface area (Å²) in [6.07, 6.45) is 1.58. The molecule has 1 aliphatic heterocycles. The Morgan fingerprint density at radius 3 is 2.66 bits per heavy atom. The minimum Gasteiger partial charge on any atom is -0.497 e. The van der Waals surface area contributed by atoms with Crippen molar-refractivity contribution in [1.29, 1.82) is 0 Å². The zero-order valence-electron chi connectivity index (χ0n) is 18.3. The Morgan fingerprint density at radius 1 is 1.22 bits per heavy atom. The maximum atomic E-state index is 13.0. The largest absolute Gasteiger partial charge is 0.497 e. The van der Waals surface area contributed by atoms with Crippen LogP contribution >= 0.6 is 11.6 Å². The maximum absolute atomic E-state index is 13.0. The summed E-state index contributed by atoms with van der Waals surface area (Å²) in [5, 5.41) is 14.9. The molecule has 8 nitrogen and oxygen atoms in total. The van der Waals surface area contributed by atoms with Crippen molar-refractivity contribution < 1.29 is 14.6 Å².